The second kappa shape index (κ2) is 4.66. The molecular formula is C10H4Br2F2N2O. The number of pyridine rings is 2. The van der Waals surface area contributed by atoms with Gasteiger partial charge in [0.25, 0.3) is 5.56 Å². The van der Waals surface area contributed by atoms with E-state index >= 15 is 0 Å². The summed E-state index contributed by atoms with van der Waals surface area (Å²) in [5.41, 5.74) is -0.957. The van der Waals surface area contributed by atoms with Crippen molar-refractivity contribution in [3.05, 3.63) is 55.5 Å². The first kappa shape index (κ1) is 12.4. The van der Waals surface area contributed by atoms with Crippen LogP contribution >= 0.6 is 31.9 Å². The number of hydrogen-bond donors (Lipinski definition) is 0. The minimum absolute atomic E-state index is 0.251. The van der Waals surface area contributed by atoms with Gasteiger partial charge in [-0.2, -0.15) is 0 Å². The average molecular weight is 366 g/mol. The highest BCUT2D eigenvalue weighted by atomic mass is 79.9. The van der Waals surface area contributed by atoms with Crippen LogP contribution in [0.3, 0.4) is 0 Å². The molecule has 2 aromatic heterocycles. The fourth-order valence-corrected chi connectivity index (χ4v) is 1.97. The molecule has 2 rings (SSSR count). The van der Waals surface area contributed by atoms with Gasteiger partial charge in [-0.1, -0.05) is 0 Å². The second-order valence-electron chi connectivity index (χ2n) is 3.14. The van der Waals surface area contributed by atoms with Gasteiger partial charge in [-0.15, -0.1) is 0 Å². The minimum Gasteiger partial charge on any atom is -0.266 e. The summed E-state index contributed by atoms with van der Waals surface area (Å²) in [6, 6.07) is 2.16. The molecule has 0 saturated heterocycles. The first-order chi connectivity index (χ1) is 7.99. The van der Waals surface area contributed by atoms with Crippen LogP contribution in [0.5, 0.6) is 0 Å². The van der Waals surface area contributed by atoms with Gasteiger partial charge in [0, 0.05) is 21.3 Å². The smallest absolute Gasteiger partial charge is 0.266 e. The number of nitrogens with zero attached hydrogens (tertiary/aromatic N) is 2. The molecule has 0 aromatic carbocycles. The van der Waals surface area contributed by atoms with E-state index in [4.69, 9.17) is 0 Å². The Labute approximate surface area is 111 Å². The fourth-order valence-electron chi connectivity index (χ4n) is 1.26. The lowest BCUT2D eigenvalue weighted by atomic mass is 10.4. The van der Waals surface area contributed by atoms with Crippen molar-refractivity contribution in [2.45, 2.75) is 0 Å². The maximum Gasteiger partial charge on any atom is 0.292 e. The van der Waals surface area contributed by atoms with Crippen molar-refractivity contribution in [2.24, 2.45) is 0 Å². The molecular weight excluding hydrogens is 362 g/mol. The van der Waals surface area contributed by atoms with Crippen molar-refractivity contribution in [3.63, 3.8) is 0 Å². The van der Waals surface area contributed by atoms with Gasteiger partial charge >= 0.3 is 0 Å². The molecule has 0 spiro atoms. The van der Waals surface area contributed by atoms with Crippen LogP contribution in [0.4, 0.5) is 8.78 Å². The molecule has 0 fully saturated rings. The molecule has 2 aromatic rings. The Kier molecular flexibility index (Phi) is 3.39. The molecule has 0 radical (unpaired) electrons. The van der Waals surface area contributed by atoms with E-state index in [1.807, 2.05) is 0 Å². The highest BCUT2D eigenvalue weighted by Gasteiger charge is 2.12. The van der Waals surface area contributed by atoms with Gasteiger partial charge in [0.2, 0.25) is 0 Å². The van der Waals surface area contributed by atoms with E-state index in [0.717, 1.165) is 16.7 Å². The highest BCUT2D eigenvalue weighted by molar-refractivity contribution is 9.10. The molecule has 0 atom stereocenters. The highest BCUT2D eigenvalue weighted by Crippen LogP contribution is 2.16. The third-order valence-electron chi connectivity index (χ3n) is 1.96. The Morgan fingerprint density at radius 3 is 2.41 bits per heavy atom. The van der Waals surface area contributed by atoms with Crippen LogP contribution in [0.1, 0.15) is 0 Å². The van der Waals surface area contributed by atoms with E-state index in [2.05, 4.69) is 36.8 Å². The van der Waals surface area contributed by atoms with E-state index in [0.29, 0.717) is 8.95 Å². The summed E-state index contributed by atoms with van der Waals surface area (Å²) in [5, 5.41) is 0. The van der Waals surface area contributed by atoms with Crippen LogP contribution in [0, 0.1) is 11.6 Å². The Balaban J connectivity index is 2.73. The SMILES string of the molecule is O=c1c(F)cc(Br)cn1-c1ncc(Br)cc1F. The quantitative estimate of drug-likeness (QED) is 0.778. The summed E-state index contributed by atoms with van der Waals surface area (Å²) in [6.07, 6.45) is 2.58. The Bertz CT molecular complexity index is 643. The molecule has 0 aliphatic carbocycles. The summed E-state index contributed by atoms with van der Waals surface area (Å²) in [6.45, 7) is 0. The number of halogens is 4. The van der Waals surface area contributed by atoms with Gasteiger partial charge in [-0.3, -0.25) is 9.36 Å². The van der Waals surface area contributed by atoms with Crippen LogP contribution in [0.25, 0.3) is 5.82 Å². The summed E-state index contributed by atoms with van der Waals surface area (Å²) >= 11 is 6.07. The summed E-state index contributed by atoms with van der Waals surface area (Å²) in [7, 11) is 0. The van der Waals surface area contributed by atoms with Gasteiger partial charge in [-0.25, -0.2) is 13.8 Å². The molecule has 0 amide bonds. The maximum atomic E-state index is 13.6. The average Bonchev–Trinajstić information content (AvgIpc) is 2.24. The molecule has 7 heteroatoms. The number of hydrogen-bond acceptors (Lipinski definition) is 2. The molecule has 0 aliphatic heterocycles. The lowest BCUT2D eigenvalue weighted by molar-refractivity contribution is 0.579. The van der Waals surface area contributed by atoms with E-state index in [1.165, 1.54) is 12.4 Å². The lowest BCUT2D eigenvalue weighted by Crippen LogP contribution is -2.22. The first-order valence-electron chi connectivity index (χ1n) is 4.38. The van der Waals surface area contributed by atoms with E-state index in [-0.39, 0.29) is 5.82 Å². The zero-order valence-electron chi connectivity index (χ0n) is 8.12. The molecule has 88 valence electrons. The fraction of sp³-hybridized carbons (Fsp3) is 0. The third-order valence-corrected chi connectivity index (χ3v) is 2.82. The Morgan fingerprint density at radius 1 is 1.12 bits per heavy atom. The van der Waals surface area contributed by atoms with Gasteiger partial charge in [0.05, 0.1) is 0 Å². The van der Waals surface area contributed by atoms with Crippen LogP contribution in [-0.2, 0) is 0 Å². The third kappa shape index (κ3) is 2.44. The second-order valence-corrected chi connectivity index (χ2v) is 4.97. The van der Waals surface area contributed by atoms with Gasteiger partial charge in [0.15, 0.2) is 17.5 Å². The topological polar surface area (TPSA) is 34.9 Å². The summed E-state index contributed by atoms with van der Waals surface area (Å²) < 4.78 is 28.4. The predicted octanol–water partition coefficient (Wildman–Crippen LogP) is 3.04. The predicted molar refractivity (Wildman–Crippen MR) is 65.2 cm³/mol. The lowest BCUT2D eigenvalue weighted by Gasteiger charge is -2.06. The zero-order valence-corrected chi connectivity index (χ0v) is 11.3. The van der Waals surface area contributed by atoms with Crippen LogP contribution < -0.4 is 5.56 Å². The summed E-state index contributed by atoms with van der Waals surface area (Å²) in [4.78, 5) is 15.3. The molecule has 0 unspecified atom stereocenters. The van der Waals surface area contributed by atoms with Crippen LogP contribution in [0.15, 0.2) is 38.3 Å². The molecule has 0 aliphatic rings. The van der Waals surface area contributed by atoms with Gasteiger partial charge in [0.1, 0.15) is 0 Å². The molecule has 0 N–H and O–H groups in total. The Hall–Kier alpha value is -1.08. The van der Waals surface area contributed by atoms with Crippen molar-refractivity contribution in [3.8, 4) is 5.82 Å². The summed E-state index contributed by atoms with van der Waals surface area (Å²) in [5.74, 6) is -1.96. The molecule has 2 heterocycles. The van der Waals surface area contributed by atoms with E-state index in [9.17, 15) is 13.6 Å². The maximum absolute atomic E-state index is 13.6. The zero-order chi connectivity index (χ0) is 12.6. The van der Waals surface area contributed by atoms with Crippen LogP contribution in [0.2, 0.25) is 0 Å². The first-order valence-corrected chi connectivity index (χ1v) is 5.97. The van der Waals surface area contributed by atoms with Crippen molar-refractivity contribution in [2.75, 3.05) is 0 Å². The van der Waals surface area contributed by atoms with Gasteiger partial charge < -0.3 is 0 Å². The number of aromatic nitrogens is 2. The Morgan fingerprint density at radius 2 is 1.76 bits per heavy atom. The normalized spacial score (nSPS) is 10.6. The number of rotatable bonds is 1. The van der Waals surface area contributed by atoms with E-state index in [1.54, 1.807) is 0 Å². The van der Waals surface area contributed by atoms with Crippen LogP contribution in [-0.4, -0.2) is 9.55 Å². The van der Waals surface area contributed by atoms with E-state index < -0.39 is 17.2 Å². The molecule has 3 nitrogen and oxygen atoms in total. The van der Waals surface area contributed by atoms with Crippen molar-refractivity contribution in [1.29, 1.82) is 0 Å². The van der Waals surface area contributed by atoms with Crippen molar-refractivity contribution in [1.82, 2.24) is 9.55 Å². The van der Waals surface area contributed by atoms with Crippen molar-refractivity contribution < 1.29 is 8.78 Å². The minimum atomic E-state index is -0.983. The van der Waals surface area contributed by atoms with Gasteiger partial charge in [-0.05, 0) is 44.0 Å². The largest absolute Gasteiger partial charge is 0.292 e. The standard InChI is InChI=1S/C10H4Br2F2N2O/c11-5-1-7(13)9(15-3-5)16-4-6(12)2-8(14)10(16)17/h1-4H. The van der Waals surface area contributed by atoms with Crippen molar-refractivity contribution >= 4 is 31.9 Å². The molecule has 17 heavy (non-hydrogen) atoms. The molecule has 0 bridgehead atoms. The monoisotopic (exact) mass is 364 g/mol. The molecule has 0 saturated carbocycles.